The van der Waals surface area contributed by atoms with Gasteiger partial charge in [0.2, 0.25) is 0 Å². The van der Waals surface area contributed by atoms with Gasteiger partial charge < -0.3 is 10.4 Å². The lowest BCUT2D eigenvalue weighted by Gasteiger charge is -2.11. The van der Waals surface area contributed by atoms with Gasteiger partial charge in [0.25, 0.3) is 0 Å². The molecule has 0 aliphatic heterocycles. The Balaban J connectivity index is 2.11. The van der Waals surface area contributed by atoms with Gasteiger partial charge in [-0.15, -0.1) is 0 Å². The van der Waals surface area contributed by atoms with Crippen molar-refractivity contribution in [1.29, 1.82) is 0 Å². The van der Waals surface area contributed by atoms with Crippen LogP contribution in [0, 0.1) is 13.8 Å². The molecule has 0 saturated carbocycles. The van der Waals surface area contributed by atoms with Crippen LogP contribution in [0.4, 0.5) is 5.69 Å². The Labute approximate surface area is 116 Å². The minimum absolute atomic E-state index is 0.269. The number of hydrogen-bond acceptors (Lipinski definition) is 2. The van der Waals surface area contributed by atoms with Crippen molar-refractivity contribution in [2.24, 2.45) is 0 Å². The van der Waals surface area contributed by atoms with Gasteiger partial charge in [0.05, 0.1) is 4.47 Å². The Kier molecular flexibility index (Phi) is 3.92. The van der Waals surface area contributed by atoms with Crippen LogP contribution in [0.5, 0.6) is 5.75 Å². The normalized spacial score (nSPS) is 10.4. The first-order valence-corrected chi connectivity index (χ1v) is 6.64. The first-order chi connectivity index (χ1) is 8.56. The standard InChI is InChI=1S/C15H16BrNO/c1-10-3-4-11(2)14(7-10)17-9-12-5-6-15(18)13(16)8-12/h3-8,17-18H,9H2,1-2H3. The van der Waals surface area contributed by atoms with Gasteiger partial charge in [0, 0.05) is 12.2 Å². The molecule has 2 N–H and O–H groups in total. The minimum atomic E-state index is 0.269. The number of phenols is 1. The van der Waals surface area contributed by atoms with Crippen molar-refractivity contribution in [2.45, 2.75) is 20.4 Å². The van der Waals surface area contributed by atoms with Crippen LogP contribution >= 0.6 is 15.9 Å². The van der Waals surface area contributed by atoms with Gasteiger partial charge in [-0.25, -0.2) is 0 Å². The van der Waals surface area contributed by atoms with E-state index in [0.29, 0.717) is 0 Å². The second kappa shape index (κ2) is 5.44. The molecule has 0 bridgehead atoms. The second-order valence-corrected chi connectivity index (χ2v) is 5.31. The molecule has 3 heteroatoms. The molecule has 0 amide bonds. The molecule has 2 aromatic rings. The van der Waals surface area contributed by atoms with E-state index in [9.17, 15) is 5.11 Å². The first kappa shape index (κ1) is 13.0. The fourth-order valence-electron chi connectivity index (χ4n) is 1.78. The maximum absolute atomic E-state index is 9.44. The third-order valence-electron chi connectivity index (χ3n) is 2.89. The smallest absolute Gasteiger partial charge is 0.129 e. The van der Waals surface area contributed by atoms with E-state index in [4.69, 9.17) is 0 Å². The molecule has 2 aromatic carbocycles. The van der Waals surface area contributed by atoms with E-state index >= 15 is 0 Å². The fourth-order valence-corrected chi connectivity index (χ4v) is 2.21. The average Bonchev–Trinajstić information content (AvgIpc) is 2.34. The van der Waals surface area contributed by atoms with Crippen LogP contribution < -0.4 is 5.32 Å². The van der Waals surface area contributed by atoms with Gasteiger partial charge >= 0.3 is 0 Å². The second-order valence-electron chi connectivity index (χ2n) is 4.46. The number of hydrogen-bond donors (Lipinski definition) is 2. The first-order valence-electron chi connectivity index (χ1n) is 5.85. The van der Waals surface area contributed by atoms with Crippen molar-refractivity contribution in [3.8, 4) is 5.75 Å². The van der Waals surface area contributed by atoms with Crippen LogP contribution in [0.3, 0.4) is 0 Å². The van der Waals surface area contributed by atoms with Gasteiger partial charge in [0.1, 0.15) is 5.75 Å². The molecule has 2 nitrogen and oxygen atoms in total. The molecular formula is C15H16BrNO. The predicted molar refractivity (Wildman–Crippen MR) is 79.0 cm³/mol. The fraction of sp³-hybridized carbons (Fsp3) is 0.200. The van der Waals surface area contributed by atoms with Gasteiger partial charge in [-0.3, -0.25) is 0 Å². The van der Waals surface area contributed by atoms with E-state index < -0.39 is 0 Å². The monoisotopic (exact) mass is 305 g/mol. The van der Waals surface area contributed by atoms with Crippen LogP contribution in [0.2, 0.25) is 0 Å². The summed E-state index contributed by atoms with van der Waals surface area (Å²) in [5.41, 5.74) is 4.76. The number of aromatic hydroxyl groups is 1. The lowest BCUT2D eigenvalue weighted by molar-refractivity contribution is 0.471. The highest BCUT2D eigenvalue weighted by molar-refractivity contribution is 9.10. The SMILES string of the molecule is Cc1ccc(C)c(NCc2ccc(O)c(Br)c2)c1. The lowest BCUT2D eigenvalue weighted by atomic mass is 10.1. The summed E-state index contributed by atoms with van der Waals surface area (Å²) in [6, 6.07) is 11.9. The quantitative estimate of drug-likeness (QED) is 0.882. The molecule has 0 radical (unpaired) electrons. The predicted octanol–water partition coefficient (Wildman–Crippen LogP) is 4.38. The molecule has 0 aliphatic carbocycles. The maximum atomic E-state index is 9.44. The largest absolute Gasteiger partial charge is 0.507 e. The summed E-state index contributed by atoms with van der Waals surface area (Å²) in [6.07, 6.45) is 0. The molecule has 0 saturated heterocycles. The van der Waals surface area contributed by atoms with Gasteiger partial charge in [0.15, 0.2) is 0 Å². The van der Waals surface area contributed by atoms with E-state index in [2.05, 4.69) is 53.3 Å². The third kappa shape index (κ3) is 3.05. The van der Waals surface area contributed by atoms with Crippen LogP contribution in [0.25, 0.3) is 0 Å². The number of aryl methyl sites for hydroxylation is 2. The molecule has 0 aliphatic rings. The molecule has 18 heavy (non-hydrogen) atoms. The van der Waals surface area contributed by atoms with Crippen LogP contribution in [-0.4, -0.2) is 5.11 Å². The molecule has 0 fully saturated rings. The van der Waals surface area contributed by atoms with Crippen LogP contribution in [0.1, 0.15) is 16.7 Å². The van der Waals surface area contributed by atoms with Crippen molar-refractivity contribution in [3.05, 3.63) is 57.6 Å². The lowest BCUT2D eigenvalue weighted by Crippen LogP contribution is -2.01. The molecule has 2 rings (SSSR count). The van der Waals surface area contributed by atoms with Crippen molar-refractivity contribution in [1.82, 2.24) is 0 Å². The number of phenolic OH excluding ortho intramolecular Hbond substituents is 1. The van der Waals surface area contributed by atoms with Gasteiger partial charge in [-0.2, -0.15) is 0 Å². The molecule has 0 aromatic heterocycles. The van der Waals surface area contributed by atoms with E-state index in [1.165, 1.54) is 11.1 Å². The zero-order chi connectivity index (χ0) is 13.1. The van der Waals surface area contributed by atoms with Gasteiger partial charge in [-0.1, -0.05) is 18.2 Å². The van der Waals surface area contributed by atoms with E-state index in [1.807, 2.05) is 12.1 Å². The van der Waals surface area contributed by atoms with Crippen molar-refractivity contribution < 1.29 is 5.11 Å². The summed E-state index contributed by atoms with van der Waals surface area (Å²) >= 11 is 3.32. The number of anilines is 1. The molecular weight excluding hydrogens is 290 g/mol. The summed E-state index contributed by atoms with van der Waals surface area (Å²) in [5, 5.41) is 12.9. The van der Waals surface area contributed by atoms with E-state index in [0.717, 1.165) is 22.3 Å². The molecule has 0 heterocycles. The average molecular weight is 306 g/mol. The number of benzene rings is 2. The zero-order valence-electron chi connectivity index (χ0n) is 10.5. The third-order valence-corrected chi connectivity index (χ3v) is 3.52. The van der Waals surface area contributed by atoms with Crippen LogP contribution in [-0.2, 0) is 6.54 Å². The van der Waals surface area contributed by atoms with E-state index in [1.54, 1.807) is 6.07 Å². The summed E-state index contributed by atoms with van der Waals surface area (Å²) in [6.45, 7) is 4.92. The Bertz CT molecular complexity index is 566. The molecule has 94 valence electrons. The molecule has 0 atom stereocenters. The van der Waals surface area contributed by atoms with Crippen molar-refractivity contribution in [3.63, 3.8) is 0 Å². The Morgan fingerprint density at radius 3 is 2.61 bits per heavy atom. The van der Waals surface area contributed by atoms with Crippen molar-refractivity contribution >= 4 is 21.6 Å². The Hall–Kier alpha value is -1.48. The highest BCUT2D eigenvalue weighted by Gasteiger charge is 2.01. The summed E-state index contributed by atoms with van der Waals surface area (Å²) < 4.78 is 0.725. The molecule has 0 unspecified atom stereocenters. The highest BCUT2D eigenvalue weighted by atomic mass is 79.9. The van der Waals surface area contributed by atoms with Gasteiger partial charge in [-0.05, 0) is 64.7 Å². The summed E-state index contributed by atoms with van der Waals surface area (Å²) in [5.74, 6) is 0.269. The maximum Gasteiger partial charge on any atom is 0.129 e. The Morgan fingerprint density at radius 2 is 1.89 bits per heavy atom. The minimum Gasteiger partial charge on any atom is -0.507 e. The topological polar surface area (TPSA) is 32.3 Å². The summed E-state index contributed by atoms with van der Waals surface area (Å²) in [4.78, 5) is 0. The van der Waals surface area contributed by atoms with Crippen molar-refractivity contribution in [2.75, 3.05) is 5.32 Å². The molecule has 0 spiro atoms. The summed E-state index contributed by atoms with van der Waals surface area (Å²) in [7, 11) is 0. The number of rotatable bonds is 3. The number of halogens is 1. The zero-order valence-corrected chi connectivity index (χ0v) is 12.1. The van der Waals surface area contributed by atoms with E-state index in [-0.39, 0.29) is 5.75 Å². The number of nitrogens with one attached hydrogen (secondary N) is 1. The highest BCUT2D eigenvalue weighted by Crippen LogP contribution is 2.25. The van der Waals surface area contributed by atoms with Crippen LogP contribution in [0.15, 0.2) is 40.9 Å². The Morgan fingerprint density at radius 1 is 1.11 bits per heavy atom.